The van der Waals surface area contributed by atoms with E-state index in [4.69, 9.17) is 4.84 Å². The second kappa shape index (κ2) is 7.75. The molecule has 6 nitrogen and oxygen atoms in total. The van der Waals surface area contributed by atoms with E-state index in [-0.39, 0.29) is 28.2 Å². The zero-order valence-corrected chi connectivity index (χ0v) is 15.9. The molecule has 1 fully saturated rings. The minimum atomic E-state index is -3.84. The van der Waals surface area contributed by atoms with Gasteiger partial charge in [0.2, 0.25) is 0 Å². The number of nitrogens with zero attached hydrogens (tertiary/aromatic N) is 2. The van der Waals surface area contributed by atoms with E-state index in [0.29, 0.717) is 6.54 Å². The van der Waals surface area contributed by atoms with Gasteiger partial charge >= 0.3 is 0 Å². The fourth-order valence-corrected chi connectivity index (χ4v) is 3.76. The molecule has 0 atom stereocenters. The fourth-order valence-electron chi connectivity index (χ4n) is 2.74. The number of benzene rings is 2. The Bertz CT molecular complexity index is 927. The maximum atomic E-state index is 13.1. The average molecular weight is 392 g/mol. The topological polar surface area (TPSA) is 66.9 Å². The third-order valence-electron chi connectivity index (χ3n) is 4.49. The molecule has 0 saturated heterocycles. The summed E-state index contributed by atoms with van der Waals surface area (Å²) in [5.74, 6) is -0.581. The van der Waals surface area contributed by atoms with E-state index in [9.17, 15) is 17.6 Å². The number of carbonyl (C=O) groups is 1. The summed E-state index contributed by atoms with van der Waals surface area (Å²) in [6.45, 7) is 0.346. The Balaban J connectivity index is 1.87. The Morgan fingerprint density at radius 2 is 1.85 bits per heavy atom. The Morgan fingerprint density at radius 1 is 1.19 bits per heavy atom. The molecule has 3 rings (SSSR count). The summed E-state index contributed by atoms with van der Waals surface area (Å²) < 4.78 is 38.7. The van der Waals surface area contributed by atoms with Crippen LogP contribution in [0.3, 0.4) is 0 Å². The molecule has 0 spiro atoms. The summed E-state index contributed by atoms with van der Waals surface area (Å²) in [7, 11) is -1.30. The van der Waals surface area contributed by atoms with Crippen LogP contribution >= 0.6 is 0 Å². The summed E-state index contributed by atoms with van der Waals surface area (Å²) in [4.78, 5) is 19.5. The van der Waals surface area contributed by atoms with Crippen LogP contribution in [0.5, 0.6) is 0 Å². The molecule has 1 aliphatic rings. The Morgan fingerprint density at radius 3 is 2.44 bits per heavy atom. The SMILES string of the molecule is CON(C)S(=O)(=O)c1cccc(C(=O)N(Cc2ccc(F)cc2)C2CC2)c1. The van der Waals surface area contributed by atoms with Gasteiger partial charge in [0, 0.05) is 25.2 Å². The van der Waals surface area contributed by atoms with Crippen molar-refractivity contribution in [3.05, 3.63) is 65.5 Å². The third-order valence-corrected chi connectivity index (χ3v) is 6.16. The first-order chi connectivity index (χ1) is 12.8. The number of amides is 1. The lowest BCUT2D eigenvalue weighted by atomic mass is 10.1. The van der Waals surface area contributed by atoms with Gasteiger partial charge in [0.1, 0.15) is 5.82 Å². The van der Waals surface area contributed by atoms with Crippen LogP contribution in [0.1, 0.15) is 28.8 Å². The first-order valence-corrected chi connectivity index (χ1v) is 9.95. The van der Waals surface area contributed by atoms with Gasteiger partial charge in [-0.3, -0.25) is 9.63 Å². The largest absolute Gasteiger partial charge is 0.331 e. The molecule has 0 unspecified atom stereocenters. The van der Waals surface area contributed by atoms with E-state index >= 15 is 0 Å². The molecular formula is C19H21FN2O4S. The molecule has 2 aromatic carbocycles. The minimum absolute atomic E-state index is 0.0183. The predicted octanol–water partition coefficient (Wildman–Crippen LogP) is 2.81. The van der Waals surface area contributed by atoms with Gasteiger partial charge in [-0.1, -0.05) is 22.7 Å². The van der Waals surface area contributed by atoms with Crippen molar-refractivity contribution in [1.29, 1.82) is 0 Å². The standard InChI is InChI=1S/C19H21FN2O4S/c1-21(26-2)27(24,25)18-5-3-4-15(12-18)19(23)22(17-10-11-17)13-14-6-8-16(20)9-7-14/h3-9,12,17H,10-11,13H2,1-2H3. The number of sulfonamides is 1. The van der Waals surface area contributed by atoms with Crippen molar-refractivity contribution in [3.8, 4) is 0 Å². The first kappa shape index (κ1) is 19.5. The predicted molar refractivity (Wildman–Crippen MR) is 97.7 cm³/mol. The lowest BCUT2D eigenvalue weighted by molar-refractivity contribution is -0.0258. The van der Waals surface area contributed by atoms with Crippen LogP contribution in [-0.4, -0.2) is 43.9 Å². The van der Waals surface area contributed by atoms with Crippen molar-refractivity contribution in [2.45, 2.75) is 30.3 Å². The van der Waals surface area contributed by atoms with Crippen LogP contribution in [0.2, 0.25) is 0 Å². The molecule has 1 aliphatic carbocycles. The molecular weight excluding hydrogens is 371 g/mol. The van der Waals surface area contributed by atoms with Crippen molar-refractivity contribution in [3.63, 3.8) is 0 Å². The van der Waals surface area contributed by atoms with Crippen LogP contribution in [0, 0.1) is 5.82 Å². The molecule has 144 valence electrons. The van der Waals surface area contributed by atoms with Crippen molar-refractivity contribution in [1.82, 2.24) is 9.37 Å². The maximum absolute atomic E-state index is 13.1. The quantitative estimate of drug-likeness (QED) is 0.680. The molecule has 0 aromatic heterocycles. The normalized spacial score (nSPS) is 14.4. The van der Waals surface area contributed by atoms with E-state index < -0.39 is 10.0 Å². The van der Waals surface area contributed by atoms with Gasteiger partial charge in [0.25, 0.3) is 15.9 Å². The Kier molecular flexibility index (Phi) is 5.59. The van der Waals surface area contributed by atoms with Crippen molar-refractivity contribution < 1.29 is 22.4 Å². The lowest BCUT2D eigenvalue weighted by Gasteiger charge is -2.23. The number of hydroxylamine groups is 1. The van der Waals surface area contributed by atoms with E-state index in [1.165, 1.54) is 44.5 Å². The highest BCUT2D eigenvalue weighted by Crippen LogP contribution is 2.30. The van der Waals surface area contributed by atoms with Gasteiger partial charge in [0.05, 0.1) is 12.0 Å². The zero-order valence-electron chi connectivity index (χ0n) is 15.1. The highest BCUT2D eigenvalue weighted by atomic mass is 32.2. The average Bonchev–Trinajstić information content (AvgIpc) is 3.51. The molecule has 27 heavy (non-hydrogen) atoms. The number of rotatable bonds is 7. The molecule has 1 amide bonds. The van der Waals surface area contributed by atoms with E-state index in [0.717, 1.165) is 22.9 Å². The molecule has 0 N–H and O–H groups in total. The van der Waals surface area contributed by atoms with Gasteiger partial charge in [-0.05, 0) is 48.7 Å². The molecule has 1 saturated carbocycles. The number of hydrogen-bond donors (Lipinski definition) is 0. The summed E-state index contributed by atoms with van der Waals surface area (Å²) in [6, 6.07) is 12.0. The maximum Gasteiger partial charge on any atom is 0.264 e. The highest BCUT2D eigenvalue weighted by Gasteiger charge is 2.33. The van der Waals surface area contributed by atoms with Crippen molar-refractivity contribution in [2.24, 2.45) is 0 Å². The van der Waals surface area contributed by atoms with Crippen LogP contribution < -0.4 is 0 Å². The number of halogens is 1. The highest BCUT2D eigenvalue weighted by molar-refractivity contribution is 7.89. The molecule has 0 radical (unpaired) electrons. The van der Waals surface area contributed by atoms with Crippen LogP contribution in [-0.2, 0) is 21.4 Å². The Hall–Kier alpha value is -2.29. The summed E-state index contributed by atoms with van der Waals surface area (Å²) in [6.07, 6.45) is 1.80. The second-order valence-corrected chi connectivity index (χ2v) is 8.35. The molecule has 0 aliphatic heterocycles. The van der Waals surface area contributed by atoms with Gasteiger partial charge in [-0.15, -0.1) is 0 Å². The van der Waals surface area contributed by atoms with Gasteiger partial charge in [0.15, 0.2) is 0 Å². The van der Waals surface area contributed by atoms with E-state index in [1.54, 1.807) is 23.1 Å². The summed E-state index contributed by atoms with van der Waals surface area (Å²) in [5.41, 5.74) is 1.11. The van der Waals surface area contributed by atoms with Crippen LogP contribution in [0.25, 0.3) is 0 Å². The summed E-state index contributed by atoms with van der Waals surface area (Å²) in [5, 5.41) is 0. The molecule has 0 heterocycles. The zero-order chi connectivity index (χ0) is 19.6. The van der Waals surface area contributed by atoms with Gasteiger partial charge in [-0.2, -0.15) is 0 Å². The molecule has 2 aromatic rings. The molecule has 8 heteroatoms. The van der Waals surface area contributed by atoms with Crippen LogP contribution in [0.4, 0.5) is 4.39 Å². The second-order valence-electron chi connectivity index (χ2n) is 6.42. The smallest absolute Gasteiger partial charge is 0.264 e. The van der Waals surface area contributed by atoms with Gasteiger partial charge in [-0.25, -0.2) is 12.8 Å². The summed E-state index contributed by atoms with van der Waals surface area (Å²) >= 11 is 0. The van der Waals surface area contributed by atoms with Crippen molar-refractivity contribution in [2.75, 3.05) is 14.2 Å². The minimum Gasteiger partial charge on any atom is -0.331 e. The lowest BCUT2D eigenvalue weighted by Crippen LogP contribution is -2.33. The van der Waals surface area contributed by atoms with Crippen molar-refractivity contribution >= 4 is 15.9 Å². The first-order valence-electron chi connectivity index (χ1n) is 8.51. The Labute approximate surface area is 158 Å². The van der Waals surface area contributed by atoms with E-state index in [1.807, 2.05) is 0 Å². The van der Waals surface area contributed by atoms with Crippen LogP contribution in [0.15, 0.2) is 53.4 Å². The number of carbonyl (C=O) groups excluding carboxylic acids is 1. The fraction of sp³-hybridized carbons (Fsp3) is 0.316. The molecule has 0 bridgehead atoms. The number of hydrogen-bond acceptors (Lipinski definition) is 4. The monoisotopic (exact) mass is 392 g/mol. The van der Waals surface area contributed by atoms with Gasteiger partial charge < -0.3 is 4.90 Å². The van der Waals surface area contributed by atoms with E-state index in [2.05, 4.69) is 0 Å². The third kappa shape index (κ3) is 4.35.